The first kappa shape index (κ1) is 18.1. The highest BCUT2D eigenvalue weighted by Gasteiger charge is 2.31. The largest absolute Gasteiger partial charge is 0.337 e. The molecule has 1 amide bonds. The Morgan fingerprint density at radius 1 is 1.17 bits per heavy atom. The van der Waals surface area contributed by atoms with Crippen LogP contribution >= 0.6 is 0 Å². The van der Waals surface area contributed by atoms with Crippen molar-refractivity contribution in [1.82, 2.24) is 24.0 Å². The van der Waals surface area contributed by atoms with Gasteiger partial charge in [0.1, 0.15) is 0 Å². The Kier molecular flexibility index (Phi) is 4.45. The lowest BCUT2D eigenvalue weighted by Gasteiger charge is -2.33. The predicted octanol–water partition coefficient (Wildman–Crippen LogP) is 2.79. The number of rotatable bonds is 4. The second-order valence-electron chi connectivity index (χ2n) is 8.29. The van der Waals surface area contributed by atoms with E-state index in [1.54, 1.807) is 12.4 Å². The van der Waals surface area contributed by atoms with E-state index in [4.69, 9.17) is 0 Å². The third-order valence-electron chi connectivity index (χ3n) is 6.07. The molecule has 1 saturated carbocycles. The molecule has 3 aromatic heterocycles. The van der Waals surface area contributed by atoms with Gasteiger partial charge in [0.2, 0.25) is 0 Å². The molecule has 7 heteroatoms. The van der Waals surface area contributed by atoms with Crippen LogP contribution in [0.25, 0.3) is 11.2 Å². The third-order valence-corrected chi connectivity index (χ3v) is 6.07. The van der Waals surface area contributed by atoms with Crippen molar-refractivity contribution in [3.05, 3.63) is 58.4 Å². The molecule has 2 fully saturated rings. The lowest BCUT2D eigenvalue weighted by atomic mass is 10.0. The quantitative estimate of drug-likeness (QED) is 0.686. The van der Waals surface area contributed by atoms with Crippen LogP contribution in [0.1, 0.15) is 47.8 Å². The molecule has 1 atom stereocenters. The summed E-state index contributed by atoms with van der Waals surface area (Å²) in [5, 5.41) is 0. The van der Waals surface area contributed by atoms with Crippen molar-refractivity contribution in [2.45, 2.75) is 45.2 Å². The van der Waals surface area contributed by atoms with Crippen molar-refractivity contribution in [3.8, 4) is 0 Å². The smallest absolute Gasteiger partial charge is 0.330 e. The number of hydrogen-bond donors (Lipinski definition) is 0. The summed E-state index contributed by atoms with van der Waals surface area (Å²) in [7, 11) is 0. The second kappa shape index (κ2) is 7.13. The average Bonchev–Trinajstić information content (AvgIpc) is 3.52. The first-order chi connectivity index (χ1) is 14.1. The second-order valence-corrected chi connectivity index (χ2v) is 8.29. The van der Waals surface area contributed by atoms with Crippen molar-refractivity contribution in [2.24, 2.45) is 5.92 Å². The van der Waals surface area contributed by atoms with E-state index < -0.39 is 0 Å². The molecule has 5 rings (SSSR count). The highest BCUT2D eigenvalue weighted by molar-refractivity contribution is 5.94. The van der Waals surface area contributed by atoms with Crippen LogP contribution in [0.4, 0.5) is 0 Å². The Balaban J connectivity index is 1.47. The van der Waals surface area contributed by atoms with Crippen molar-refractivity contribution < 1.29 is 4.79 Å². The molecule has 1 aliphatic carbocycles. The number of piperidine rings is 1. The van der Waals surface area contributed by atoms with E-state index in [1.807, 2.05) is 45.2 Å². The SMILES string of the molecule is Cc1ccc(C(=O)N2CCC[C@H](n3c(=O)n(CC4CC4)c4cccnc43)C2)cn1. The van der Waals surface area contributed by atoms with E-state index in [0.717, 1.165) is 36.2 Å². The van der Waals surface area contributed by atoms with Crippen LogP contribution < -0.4 is 5.69 Å². The van der Waals surface area contributed by atoms with Gasteiger partial charge in [0.25, 0.3) is 5.91 Å². The topological polar surface area (TPSA) is 73.0 Å². The molecule has 29 heavy (non-hydrogen) atoms. The van der Waals surface area contributed by atoms with Gasteiger partial charge in [-0.05, 0) is 62.8 Å². The maximum absolute atomic E-state index is 13.3. The van der Waals surface area contributed by atoms with Gasteiger partial charge in [0.15, 0.2) is 5.65 Å². The van der Waals surface area contributed by atoms with Crippen molar-refractivity contribution in [2.75, 3.05) is 13.1 Å². The molecule has 7 nitrogen and oxygen atoms in total. The van der Waals surface area contributed by atoms with Gasteiger partial charge in [-0.2, -0.15) is 0 Å². The highest BCUT2D eigenvalue weighted by Crippen LogP contribution is 2.32. The standard InChI is InChI=1S/C22H25N5O2/c1-15-6-9-17(12-24-15)21(28)25-11-3-4-18(14-25)27-20-19(5-2-10-23-20)26(22(27)29)13-16-7-8-16/h2,5-6,9-10,12,16,18H,3-4,7-8,11,13-14H2,1H3/t18-/m0/s1. The van der Waals surface area contributed by atoms with E-state index >= 15 is 0 Å². The van der Waals surface area contributed by atoms with Crippen LogP contribution in [0.5, 0.6) is 0 Å². The number of amides is 1. The maximum atomic E-state index is 13.3. The summed E-state index contributed by atoms with van der Waals surface area (Å²) < 4.78 is 3.70. The molecule has 0 unspecified atom stereocenters. The van der Waals surface area contributed by atoms with Crippen LogP contribution in [0, 0.1) is 12.8 Å². The molecule has 150 valence electrons. The molecule has 0 bridgehead atoms. The van der Waals surface area contributed by atoms with Gasteiger partial charge < -0.3 is 4.90 Å². The minimum absolute atomic E-state index is 0.00176. The van der Waals surface area contributed by atoms with Crippen LogP contribution in [-0.2, 0) is 6.54 Å². The Morgan fingerprint density at radius 3 is 2.79 bits per heavy atom. The Bertz CT molecular complexity index is 1110. The maximum Gasteiger partial charge on any atom is 0.330 e. The average molecular weight is 391 g/mol. The van der Waals surface area contributed by atoms with Gasteiger partial charge >= 0.3 is 5.69 Å². The summed E-state index contributed by atoms with van der Waals surface area (Å²) in [4.78, 5) is 36.9. The lowest BCUT2D eigenvalue weighted by molar-refractivity contribution is 0.0678. The zero-order chi connectivity index (χ0) is 20.0. The predicted molar refractivity (Wildman–Crippen MR) is 110 cm³/mol. The number of likely N-dealkylation sites (tertiary alicyclic amines) is 1. The number of carbonyl (C=O) groups is 1. The Morgan fingerprint density at radius 2 is 2.03 bits per heavy atom. The number of fused-ring (bicyclic) bond motifs is 1. The molecule has 4 heterocycles. The Labute approximate surface area is 169 Å². The molecule has 0 aromatic carbocycles. The first-order valence-corrected chi connectivity index (χ1v) is 10.4. The van der Waals surface area contributed by atoms with Crippen LogP contribution in [0.15, 0.2) is 41.5 Å². The van der Waals surface area contributed by atoms with Gasteiger partial charge in [-0.1, -0.05) is 0 Å². The zero-order valence-corrected chi connectivity index (χ0v) is 16.6. The molecule has 1 aliphatic heterocycles. The fraction of sp³-hybridized carbons (Fsp3) is 0.455. The number of imidazole rings is 1. The van der Waals surface area contributed by atoms with Crippen molar-refractivity contribution in [3.63, 3.8) is 0 Å². The van der Waals surface area contributed by atoms with Crippen LogP contribution in [0.2, 0.25) is 0 Å². The number of pyridine rings is 2. The van der Waals surface area contributed by atoms with E-state index in [1.165, 1.54) is 12.8 Å². The summed E-state index contributed by atoms with van der Waals surface area (Å²) in [5.74, 6) is 0.579. The van der Waals surface area contributed by atoms with Crippen LogP contribution in [-0.4, -0.2) is 43.0 Å². The number of aryl methyl sites for hydroxylation is 1. The number of carbonyl (C=O) groups excluding carboxylic acids is 1. The summed E-state index contributed by atoms with van der Waals surface area (Å²) in [6, 6.07) is 7.48. The fourth-order valence-electron chi connectivity index (χ4n) is 4.30. The zero-order valence-electron chi connectivity index (χ0n) is 16.6. The molecule has 0 N–H and O–H groups in total. The highest BCUT2D eigenvalue weighted by atomic mass is 16.2. The summed E-state index contributed by atoms with van der Waals surface area (Å²) >= 11 is 0. The van der Waals surface area contributed by atoms with Gasteiger partial charge in [-0.3, -0.25) is 18.9 Å². The number of aromatic nitrogens is 4. The van der Waals surface area contributed by atoms with Crippen LogP contribution in [0.3, 0.4) is 0 Å². The van der Waals surface area contributed by atoms with Gasteiger partial charge in [0.05, 0.1) is 17.1 Å². The third kappa shape index (κ3) is 3.34. The fourth-order valence-corrected chi connectivity index (χ4v) is 4.30. The minimum Gasteiger partial charge on any atom is -0.337 e. The lowest BCUT2D eigenvalue weighted by Crippen LogP contribution is -2.43. The minimum atomic E-state index is -0.0588. The molecule has 2 aliphatic rings. The molecule has 1 saturated heterocycles. The van der Waals surface area contributed by atoms with Crippen molar-refractivity contribution >= 4 is 17.1 Å². The first-order valence-electron chi connectivity index (χ1n) is 10.4. The van der Waals surface area contributed by atoms with E-state index in [9.17, 15) is 9.59 Å². The van der Waals surface area contributed by atoms with Gasteiger partial charge in [-0.15, -0.1) is 0 Å². The molecule has 0 spiro atoms. The number of nitrogens with zero attached hydrogens (tertiary/aromatic N) is 5. The molecular weight excluding hydrogens is 366 g/mol. The molecule has 3 aromatic rings. The summed E-state index contributed by atoms with van der Waals surface area (Å²) in [5.41, 5.74) is 3.11. The monoisotopic (exact) mass is 391 g/mol. The van der Waals surface area contributed by atoms with Crippen molar-refractivity contribution in [1.29, 1.82) is 0 Å². The van der Waals surface area contributed by atoms with E-state index in [0.29, 0.717) is 24.6 Å². The summed E-state index contributed by atoms with van der Waals surface area (Å²) in [6.07, 6.45) is 7.49. The van der Waals surface area contributed by atoms with Gasteiger partial charge in [-0.25, -0.2) is 9.78 Å². The molecular formula is C22H25N5O2. The summed E-state index contributed by atoms with van der Waals surface area (Å²) in [6.45, 7) is 3.89. The number of hydrogen-bond acceptors (Lipinski definition) is 4. The van der Waals surface area contributed by atoms with Gasteiger partial charge in [0, 0.05) is 37.7 Å². The molecule has 0 radical (unpaired) electrons. The Hall–Kier alpha value is -2.96. The normalized spacial score (nSPS) is 19.6. The van der Waals surface area contributed by atoms with E-state index in [-0.39, 0.29) is 17.6 Å². The van der Waals surface area contributed by atoms with E-state index in [2.05, 4.69) is 9.97 Å².